The highest BCUT2D eigenvalue weighted by Gasteiger charge is 2.21. The SMILES string of the molecule is Cc1noc2nc(C(C)C)cc(C(=O)Nc3nnc(C(C)C)s3)c12. The first-order valence-electron chi connectivity index (χ1n) is 7.78. The van der Waals surface area contributed by atoms with Gasteiger partial charge in [0.1, 0.15) is 5.01 Å². The molecule has 0 bridgehead atoms. The van der Waals surface area contributed by atoms with E-state index in [2.05, 4.69) is 25.7 Å². The summed E-state index contributed by atoms with van der Waals surface area (Å²) < 4.78 is 5.25. The van der Waals surface area contributed by atoms with Gasteiger partial charge in [-0.1, -0.05) is 44.2 Å². The molecule has 3 aromatic heterocycles. The van der Waals surface area contributed by atoms with Crippen LogP contribution < -0.4 is 5.32 Å². The molecule has 0 aliphatic rings. The quantitative estimate of drug-likeness (QED) is 0.771. The van der Waals surface area contributed by atoms with Crippen LogP contribution in [-0.4, -0.2) is 26.2 Å². The standard InChI is InChI=1S/C16H19N5O2S/c1-7(2)11-6-10(12-9(5)21-23-14(12)17-11)13(22)18-16-20-19-15(24-16)8(3)4/h6-8H,1-5H3,(H,18,20,22). The first-order valence-corrected chi connectivity index (χ1v) is 8.60. The number of hydrogen-bond acceptors (Lipinski definition) is 7. The third kappa shape index (κ3) is 3.01. The number of fused-ring (bicyclic) bond motifs is 1. The summed E-state index contributed by atoms with van der Waals surface area (Å²) in [5.41, 5.74) is 2.29. The van der Waals surface area contributed by atoms with E-state index >= 15 is 0 Å². The average Bonchev–Trinajstić information content (AvgIpc) is 3.14. The van der Waals surface area contributed by atoms with Crippen LogP contribution in [0.4, 0.5) is 5.13 Å². The van der Waals surface area contributed by atoms with Crippen molar-refractivity contribution >= 4 is 33.5 Å². The maximum absolute atomic E-state index is 12.8. The topological polar surface area (TPSA) is 93.8 Å². The molecule has 7 nitrogen and oxygen atoms in total. The molecule has 0 atom stereocenters. The summed E-state index contributed by atoms with van der Waals surface area (Å²) in [6.07, 6.45) is 0. The minimum absolute atomic E-state index is 0.167. The largest absolute Gasteiger partial charge is 0.336 e. The molecule has 0 aliphatic heterocycles. The van der Waals surface area contributed by atoms with Gasteiger partial charge in [-0.25, -0.2) is 4.98 Å². The maximum atomic E-state index is 12.8. The Bertz CT molecular complexity index is 897. The second kappa shape index (κ2) is 6.27. The van der Waals surface area contributed by atoms with E-state index in [-0.39, 0.29) is 17.7 Å². The number of rotatable bonds is 4. The van der Waals surface area contributed by atoms with Crippen molar-refractivity contribution < 1.29 is 9.32 Å². The lowest BCUT2D eigenvalue weighted by atomic mass is 10.0. The van der Waals surface area contributed by atoms with E-state index in [0.29, 0.717) is 27.5 Å². The Morgan fingerprint density at radius 3 is 2.58 bits per heavy atom. The minimum atomic E-state index is -0.262. The fourth-order valence-electron chi connectivity index (χ4n) is 2.27. The number of pyridine rings is 1. The zero-order valence-corrected chi connectivity index (χ0v) is 15.1. The van der Waals surface area contributed by atoms with Gasteiger partial charge in [-0.2, -0.15) is 0 Å². The van der Waals surface area contributed by atoms with Crippen LogP contribution in [0.3, 0.4) is 0 Å². The lowest BCUT2D eigenvalue weighted by Gasteiger charge is -2.08. The van der Waals surface area contributed by atoms with E-state index < -0.39 is 0 Å². The van der Waals surface area contributed by atoms with E-state index in [0.717, 1.165) is 10.7 Å². The van der Waals surface area contributed by atoms with Crippen LogP contribution >= 0.6 is 11.3 Å². The predicted octanol–water partition coefficient (Wildman–Crippen LogP) is 3.88. The summed E-state index contributed by atoms with van der Waals surface area (Å²) in [5, 5.41) is 16.9. The van der Waals surface area contributed by atoms with Gasteiger partial charge in [0.15, 0.2) is 0 Å². The van der Waals surface area contributed by atoms with Gasteiger partial charge < -0.3 is 4.52 Å². The zero-order valence-electron chi connectivity index (χ0n) is 14.2. The van der Waals surface area contributed by atoms with Gasteiger partial charge in [-0.05, 0) is 18.9 Å². The molecule has 0 fully saturated rings. The molecule has 0 unspecified atom stereocenters. The monoisotopic (exact) mass is 345 g/mol. The van der Waals surface area contributed by atoms with Crippen LogP contribution in [0.25, 0.3) is 11.1 Å². The summed E-state index contributed by atoms with van der Waals surface area (Å²) in [4.78, 5) is 17.2. The van der Waals surface area contributed by atoms with Gasteiger partial charge >= 0.3 is 0 Å². The van der Waals surface area contributed by atoms with Crippen molar-refractivity contribution in [3.63, 3.8) is 0 Å². The highest BCUT2D eigenvalue weighted by Crippen LogP contribution is 2.27. The van der Waals surface area contributed by atoms with Crippen molar-refractivity contribution in [1.29, 1.82) is 0 Å². The summed E-state index contributed by atoms with van der Waals surface area (Å²) in [5.74, 6) is 0.177. The molecule has 1 amide bonds. The molecule has 0 saturated carbocycles. The maximum Gasteiger partial charge on any atom is 0.259 e. The average molecular weight is 345 g/mol. The third-order valence-corrected chi connectivity index (χ3v) is 4.77. The van der Waals surface area contributed by atoms with Crippen LogP contribution in [0.15, 0.2) is 10.6 Å². The number of hydrogen-bond donors (Lipinski definition) is 1. The molecule has 0 saturated heterocycles. The van der Waals surface area contributed by atoms with Gasteiger partial charge in [0, 0.05) is 11.6 Å². The number of anilines is 1. The van der Waals surface area contributed by atoms with Gasteiger partial charge in [0.2, 0.25) is 5.13 Å². The molecule has 0 aliphatic carbocycles. The number of carbonyl (C=O) groups is 1. The van der Waals surface area contributed by atoms with Gasteiger partial charge in [-0.3, -0.25) is 10.1 Å². The van der Waals surface area contributed by atoms with Crippen molar-refractivity contribution in [2.24, 2.45) is 0 Å². The summed E-state index contributed by atoms with van der Waals surface area (Å²) in [7, 11) is 0. The number of nitrogens with zero attached hydrogens (tertiary/aromatic N) is 4. The second-order valence-electron chi connectivity index (χ2n) is 6.25. The fraction of sp³-hybridized carbons (Fsp3) is 0.438. The molecule has 3 heterocycles. The van der Waals surface area contributed by atoms with Crippen LogP contribution in [0.5, 0.6) is 0 Å². The molecule has 8 heteroatoms. The number of amides is 1. The van der Waals surface area contributed by atoms with Gasteiger partial charge in [0.05, 0.1) is 16.6 Å². The highest BCUT2D eigenvalue weighted by molar-refractivity contribution is 7.15. The molecule has 3 aromatic rings. The Morgan fingerprint density at radius 2 is 1.96 bits per heavy atom. The summed E-state index contributed by atoms with van der Waals surface area (Å²) in [6.45, 7) is 9.89. The molecule has 24 heavy (non-hydrogen) atoms. The second-order valence-corrected chi connectivity index (χ2v) is 7.26. The van der Waals surface area contributed by atoms with E-state index in [4.69, 9.17) is 4.52 Å². The molecular formula is C16H19N5O2S. The van der Waals surface area contributed by atoms with Crippen molar-refractivity contribution in [1.82, 2.24) is 20.3 Å². The number of aromatic nitrogens is 4. The van der Waals surface area contributed by atoms with Crippen LogP contribution in [-0.2, 0) is 0 Å². The van der Waals surface area contributed by atoms with Crippen molar-refractivity contribution in [3.8, 4) is 0 Å². The molecule has 1 N–H and O–H groups in total. The van der Waals surface area contributed by atoms with E-state index in [1.807, 2.05) is 27.7 Å². The number of carbonyl (C=O) groups excluding carboxylic acids is 1. The van der Waals surface area contributed by atoms with Gasteiger partial charge in [-0.15, -0.1) is 10.2 Å². The Labute approximate surface area is 143 Å². The normalized spacial score (nSPS) is 11.6. The molecule has 3 rings (SSSR count). The predicted molar refractivity (Wildman–Crippen MR) is 92.6 cm³/mol. The lowest BCUT2D eigenvalue weighted by Crippen LogP contribution is -2.13. The van der Waals surface area contributed by atoms with E-state index in [1.54, 1.807) is 13.0 Å². The van der Waals surface area contributed by atoms with E-state index in [9.17, 15) is 4.79 Å². The van der Waals surface area contributed by atoms with Crippen LogP contribution in [0.2, 0.25) is 0 Å². The molecule has 0 spiro atoms. The van der Waals surface area contributed by atoms with Crippen molar-refractivity contribution in [2.75, 3.05) is 5.32 Å². The highest BCUT2D eigenvalue weighted by atomic mass is 32.1. The smallest absolute Gasteiger partial charge is 0.259 e. The Balaban J connectivity index is 2.00. The summed E-state index contributed by atoms with van der Waals surface area (Å²) >= 11 is 1.38. The minimum Gasteiger partial charge on any atom is -0.336 e. The van der Waals surface area contributed by atoms with E-state index in [1.165, 1.54) is 11.3 Å². The Morgan fingerprint density at radius 1 is 1.21 bits per heavy atom. The van der Waals surface area contributed by atoms with Crippen LogP contribution in [0.1, 0.15) is 66.3 Å². The first kappa shape index (κ1) is 16.5. The fourth-order valence-corrected chi connectivity index (χ4v) is 3.01. The van der Waals surface area contributed by atoms with Crippen LogP contribution in [0, 0.1) is 6.92 Å². The summed E-state index contributed by atoms with van der Waals surface area (Å²) in [6, 6.07) is 1.79. The number of nitrogens with one attached hydrogen (secondary N) is 1. The van der Waals surface area contributed by atoms with Crippen molar-refractivity contribution in [2.45, 2.75) is 46.5 Å². The molecule has 0 radical (unpaired) electrons. The Hall–Kier alpha value is -2.35. The molecule has 0 aromatic carbocycles. The first-order chi connectivity index (χ1) is 11.4. The lowest BCUT2D eigenvalue weighted by molar-refractivity contribution is 0.102. The molecule has 126 valence electrons. The zero-order chi connectivity index (χ0) is 17.4. The third-order valence-electron chi connectivity index (χ3n) is 3.63. The number of aryl methyl sites for hydroxylation is 1. The molecular weight excluding hydrogens is 326 g/mol. The van der Waals surface area contributed by atoms with Crippen molar-refractivity contribution in [3.05, 3.63) is 28.0 Å². The van der Waals surface area contributed by atoms with Gasteiger partial charge in [0.25, 0.3) is 11.6 Å². The Kier molecular flexibility index (Phi) is 4.31.